The first-order valence-corrected chi connectivity index (χ1v) is 9.38. The summed E-state index contributed by atoms with van der Waals surface area (Å²) in [6, 6.07) is 5.26. The Morgan fingerprint density at radius 3 is 2.61 bits per heavy atom. The summed E-state index contributed by atoms with van der Waals surface area (Å²) in [4.78, 5) is 42.8. The van der Waals surface area contributed by atoms with Crippen LogP contribution >= 0.6 is 0 Å². The van der Waals surface area contributed by atoms with Crippen molar-refractivity contribution in [1.82, 2.24) is 14.8 Å². The molecule has 1 spiro atoms. The Morgan fingerprint density at radius 2 is 1.89 bits per heavy atom. The van der Waals surface area contributed by atoms with Crippen LogP contribution in [0.2, 0.25) is 0 Å². The zero-order valence-electron chi connectivity index (χ0n) is 15.7. The fourth-order valence-corrected chi connectivity index (χ4v) is 4.13. The summed E-state index contributed by atoms with van der Waals surface area (Å²) < 4.78 is 19.5. The van der Waals surface area contributed by atoms with Gasteiger partial charge in [0.2, 0.25) is 11.5 Å². The molecule has 0 bridgehead atoms. The largest absolute Gasteiger partial charge is 0.371 e. The highest BCUT2D eigenvalue weighted by atomic mass is 19.1. The second-order valence-corrected chi connectivity index (χ2v) is 7.50. The highest BCUT2D eigenvalue weighted by molar-refractivity contribution is 6.06. The highest BCUT2D eigenvalue weighted by Gasteiger charge is 2.41. The molecule has 2 aliphatic heterocycles. The smallest absolute Gasteiger partial charge is 0.254 e. The molecule has 1 aromatic carbocycles. The third-order valence-corrected chi connectivity index (χ3v) is 5.69. The average molecular weight is 387 g/mol. The van der Waals surface area contributed by atoms with Crippen molar-refractivity contribution in [3.05, 3.63) is 46.0 Å². The first kappa shape index (κ1) is 18.6. The van der Waals surface area contributed by atoms with Gasteiger partial charge in [-0.15, -0.1) is 0 Å². The van der Waals surface area contributed by atoms with Crippen LogP contribution in [0.25, 0.3) is 10.9 Å². The van der Waals surface area contributed by atoms with Crippen molar-refractivity contribution in [2.75, 3.05) is 32.8 Å². The lowest BCUT2D eigenvalue weighted by atomic mass is 9.89. The Morgan fingerprint density at radius 1 is 1.14 bits per heavy atom. The van der Waals surface area contributed by atoms with E-state index in [1.165, 1.54) is 24.3 Å². The van der Waals surface area contributed by atoms with E-state index in [4.69, 9.17) is 4.74 Å². The second kappa shape index (κ2) is 7.01. The number of aromatic amines is 1. The summed E-state index contributed by atoms with van der Waals surface area (Å²) in [7, 11) is 0. The molecule has 2 aromatic rings. The summed E-state index contributed by atoms with van der Waals surface area (Å²) in [5, 5.41) is 0.512. The number of piperidine rings is 1. The van der Waals surface area contributed by atoms with Gasteiger partial charge < -0.3 is 19.5 Å². The fourth-order valence-electron chi connectivity index (χ4n) is 4.13. The summed E-state index contributed by atoms with van der Waals surface area (Å²) in [5.41, 5.74) is -0.354. The number of aromatic nitrogens is 1. The van der Waals surface area contributed by atoms with Crippen LogP contribution < -0.4 is 5.56 Å². The number of halogens is 1. The number of hydrogen-bond donors (Lipinski definition) is 1. The molecule has 28 heavy (non-hydrogen) atoms. The topological polar surface area (TPSA) is 82.7 Å². The van der Waals surface area contributed by atoms with Gasteiger partial charge in [0.1, 0.15) is 5.82 Å². The predicted molar refractivity (Wildman–Crippen MR) is 101 cm³/mol. The van der Waals surface area contributed by atoms with Gasteiger partial charge >= 0.3 is 0 Å². The average Bonchev–Trinajstić information content (AvgIpc) is 2.67. The van der Waals surface area contributed by atoms with Crippen LogP contribution in [-0.2, 0) is 9.53 Å². The van der Waals surface area contributed by atoms with Gasteiger partial charge in [-0.25, -0.2) is 4.39 Å². The number of carbonyl (C=O) groups excluding carboxylic acids is 2. The van der Waals surface area contributed by atoms with Gasteiger partial charge in [-0.3, -0.25) is 14.4 Å². The molecule has 0 atom stereocenters. The van der Waals surface area contributed by atoms with Gasteiger partial charge in [0.05, 0.1) is 29.8 Å². The van der Waals surface area contributed by atoms with Crippen molar-refractivity contribution in [3.8, 4) is 0 Å². The number of rotatable bonds is 1. The minimum absolute atomic E-state index is 0.0424. The number of nitrogens with zero attached hydrogens (tertiary/aromatic N) is 2. The molecule has 0 aliphatic carbocycles. The van der Waals surface area contributed by atoms with Crippen LogP contribution in [0, 0.1) is 5.82 Å². The lowest BCUT2D eigenvalue weighted by Gasteiger charge is -2.47. The number of morpholine rings is 1. The Kier molecular flexibility index (Phi) is 4.66. The molecular formula is C20H22FN3O4. The Labute approximate surface area is 161 Å². The molecule has 0 radical (unpaired) electrons. The summed E-state index contributed by atoms with van der Waals surface area (Å²) in [5.74, 6) is -0.699. The lowest BCUT2D eigenvalue weighted by molar-refractivity contribution is -0.145. The van der Waals surface area contributed by atoms with E-state index in [2.05, 4.69) is 4.98 Å². The molecule has 2 amide bonds. The third kappa shape index (κ3) is 3.40. The molecule has 0 unspecified atom stereocenters. The first-order chi connectivity index (χ1) is 13.4. The van der Waals surface area contributed by atoms with Crippen molar-refractivity contribution in [3.63, 3.8) is 0 Å². The molecule has 4 rings (SSSR count). The SMILES string of the molecule is CC(=O)N1CCC2(CC1)CN(C(=O)c1cc(=O)[nH]c3cc(F)ccc13)CCO2. The molecular weight excluding hydrogens is 365 g/mol. The van der Waals surface area contributed by atoms with Gasteiger partial charge in [0.15, 0.2) is 0 Å². The van der Waals surface area contributed by atoms with Crippen molar-refractivity contribution >= 4 is 22.7 Å². The van der Waals surface area contributed by atoms with Gasteiger partial charge in [-0.1, -0.05) is 0 Å². The van der Waals surface area contributed by atoms with E-state index in [-0.39, 0.29) is 17.4 Å². The maximum Gasteiger partial charge on any atom is 0.254 e. The summed E-state index contributed by atoms with van der Waals surface area (Å²) in [6.07, 6.45) is 1.33. The van der Waals surface area contributed by atoms with E-state index < -0.39 is 17.0 Å². The molecule has 0 saturated carbocycles. The van der Waals surface area contributed by atoms with Crippen LogP contribution in [0.5, 0.6) is 0 Å². The maximum absolute atomic E-state index is 13.5. The van der Waals surface area contributed by atoms with Gasteiger partial charge in [-0.05, 0) is 31.0 Å². The van der Waals surface area contributed by atoms with Crippen molar-refractivity contribution in [2.45, 2.75) is 25.4 Å². The monoisotopic (exact) mass is 387 g/mol. The molecule has 2 fully saturated rings. The van der Waals surface area contributed by atoms with Crippen molar-refractivity contribution in [2.24, 2.45) is 0 Å². The number of benzene rings is 1. The van der Waals surface area contributed by atoms with Crippen molar-refractivity contribution in [1.29, 1.82) is 0 Å². The van der Waals surface area contributed by atoms with E-state index in [1.807, 2.05) is 0 Å². The number of carbonyl (C=O) groups is 2. The summed E-state index contributed by atoms with van der Waals surface area (Å²) in [6.45, 7) is 3.99. The Bertz CT molecular complexity index is 995. The Balaban J connectivity index is 1.60. The van der Waals surface area contributed by atoms with Crippen LogP contribution in [0.15, 0.2) is 29.1 Å². The third-order valence-electron chi connectivity index (χ3n) is 5.69. The number of ether oxygens (including phenoxy) is 1. The van der Waals surface area contributed by atoms with Crippen LogP contribution in [-0.4, -0.2) is 65.0 Å². The van der Waals surface area contributed by atoms with E-state index >= 15 is 0 Å². The molecule has 2 saturated heterocycles. The Hall–Kier alpha value is -2.74. The van der Waals surface area contributed by atoms with Crippen LogP contribution in [0.3, 0.4) is 0 Å². The van der Waals surface area contributed by atoms with Crippen LogP contribution in [0.1, 0.15) is 30.1 Å². The summed E-state index contributed by atoms with van der Waals surface area (Å²) >= 11 is 0. The van der Waals surface area contributed by atoms with Gasteiger partial charge in [0.25, 0.3) is 5.91 Å². The number of hydrogen-bond acceptors (Lipinski definition) is 4. The second-order valence-electron chi connectivity index (χ2n) is 7.50. The van der Waals surface area contributed by atoms with Crippen molar-refractivity contribution < 1.29 is 18.7 Å². The molecule has 7 nitrogen and oxygen atoms in total. The van der Waals surface area contributed by atoms with E-state index in [0.29, 0.717) is 56.5 Å². The minimum atomic E-state index is -0.477. The number of fused-ring (bicyclic) bond motifs is 1. The molecule has 2 aliphatic rings. The maximum atomic E-state index is 13.5. The normalized spacial score (nSPS) is 19.2. The minimum Gasteiger partial charge on any atom is -0.371 e. The zero-order chi connectivity index (χ0) is 19.9. The number of pyridine rings is 1. The van der Waals surface area contributed by atoms with E-state index in [0.717, 1.165) is 0 Å². The van der Waals surface area contributed by atoms with E-state index in [9.17, 15) is 18.8 Å². The lowest BCUT2D eigenvalue weighted by Crippen LogP contribution is -2.58. The predicted octanol–water partition coefficient (Wildman–Crippen LogP) is 1.52. The zero-order valence-corrected chi connectivity index (χ0v) is 15.7. The quantitative estimate of drug-likeness (QED) is 0.804. The molecule has 1 N–H and O–H groups in total. The standard InChI is InChI=1S/C20H22FN3O4/c1-13(25)23-6-4-20(5-7-23)12-24(8-9-28-20)19(27)16-11-18(26)22-17-10-14(21)2-3-15(16)17/h2-3,10-11H,4-9,12H2,1H3,(H,22,26). The fraction of sp³-hybridized carbons (Fsp3) is 0.450. The first-order valence-electron chi connectivity index (χ1n) is 9.38. The molecule has 1 aromatic heterocycles. The number of amides is 2. The number of likely N-dealkylation sites (tertiary alicyclic amines) is 1. The van der Waals surface area contributed by atoms with Gasteiger partial charge in [-0.2, -0.15) is 0 Å². The molecule has 148 valence electrons. The van der Waals surface area contributed by atoms with Crippen LogP contribution in [0.4, 0.5) is 4.39 Å². The van der Waals surface area contributed by atoms with Gasteiger partial charge in [0, 0.05) is 38.0 Å². The molecule has 3 heterocycles. The molecule has 8 heteroatoms. The number of nitrogens with one attached hydrogen (secondary N) is 1. The number of H-pyrrole nitrogens is 1. The van der Waals surface area contributed by atoms with E-state index in [1.54, 1.807) is 16.7 Å². The highest BCUT2D eigenvalue weighted by Crippen LogP contribution is 2.31.